The second-order valence-electron chi connectivity index (χ2n) is 5.34. The molecule has 0 atom stereocenters. The molecule has 4 rings (SSSR count). The topological polar surface area (TPSA) is 30.2 Å². The number of furan rings is 1. The fraction of sp³-hybridized carbons (Fsp3) is 0.167. The molecule has 2 nitrogen and oxygen atoms in total. The molecule has 0 spiro atoms. The number of fused-ring (bicyclic) bond motifs is 1. The number of aldehydes is 1. The standard InChI is InChI=1S/C18H14O2/c19-11-13-7-10-18(20-13)17-9-8-14(12-5-6-12)15-3-1-2-4-16(15)17/h1-4,7-12H,5-6H2. The summed E-state index contributed by atoms with van der Waals surface area (Å²) in [4.78, 5) is 10.8. The van der Waals surface area contributed by atoms with Crippen LogP contribution >= 0.6 is 0 Å². The Bertz CT molecular complexity index is 794. The van der Waals surface area contributed by atoms with Gasteiger partial charge in [-0.2, -0.15) is 0 Å². The van der Waals surface area contributed by atoms with Gasteiger partial charge >= 0.3 is 0 Å². The zero-order valence-corrected chi connectivity index (χ0v) is 11.0. The van der Waals surface area contributed by atoms with Gasteiger partial charge in [-0.3, -0.25) is 4.79 Å². The summed E-state index contributed by atoms with van der Waals surface area (Å²) in [5.41, 5.74) is 2.49. The number of carbonyl (C=O) groups is 1. The third-order valence-corrected chi connectivity index (χ3v) is 3.98. The first kappa shape index (κ1) is 11.5. The third-order valence-electron chi connectivity index (χ3n) is 3.98. The summed E-state index contributed by atoms with van der Waals surface area (Å²) in [7, 11) is 0. The Morgan fingerprint density at radius 2 is 1.75 bits per heavy atom. The van der Waals surface area contributed by atoms with E-state index in [4.69, 9.17) is 4.42 Å². The lowest BCUT2D eigenvalue weighted by Gasteiger charge is -2.09. The average Bonchev–Trinajstić information content (AvgIpc) is 3.23. The van der Waals surface area contributed by atoms with Crippen LogP contribution in [-0.4, -0.2) is 6.29 Å². The highest BCUT2D eigenvalue weighted by Crippen LogP contribution is 2.44. The highest BCUT2D eigenvalue weighted by molar-refractivity contribution is 5.98. The number of hydrogen-bond donors (Lipinski definition) is 0. The molecule has 1 fully saturated rings. The molecule has 20 heavy (non-hydrogen) atoms. The zero-order valence-electron chi connectivity index (χ0n) is 11.0. The van der Waals surface area contributed by atoms with E-state index in [2.05, 4.69) is 30.3 Å². The molecule has 98 valence electrons. The maximum atomic E-state index is 10.8. The van der Waals surface area contributed by atoms with Crippen LogP contribution in [0.1, 0.15) is 34.9 Å². The molecule has 0 unspecified atom stereocenters. The van der Waals surface area contributed by atoms with Crippen LogP contribution < -0.4 is 0 Å². The van der Waals surface area contributed by atoms with Gasteiger partial charge in [0.05, 0.1) is 0 Å². The molecule has 1 aromatic heterocycles. The normalized spacial score (nSPS) is 14.6. The molecule has 0 aliphatic heterocycles. The molecular weight excluding hydrogens is 248 g/mol. The molecule has 0 saturated heterocycles. The van der Waals surface area contributed by atoms with Crippen LogP contribution in [-0.2, 0) is 0 Å². The number of rotatable bonds is 3. The van der Waals surface area contributed by atoms with Crippen LogP contribution in [0.4, 0.5) is 0 Å². The van der Waals surface area contributed by atoms with Gasteiger partial charge in [0.2, 0.25) is 0 Å². The van der Waals surface area contributed by atoms with E-state index in [1.807, 2.05) is 12.1 Å². The molecule has 1 heterocycles. The van der Waals surface area contributed by atoms with Crippen molar-refractivity contribution in [1.29, 1.82) is 0 Å². The Morgan fingerprint density at radius 3 is 2.45 bits per heavy atom. The van der Waals surface area contributed by atoms with E-state index in [1.165, 1.54) is 29.2 Å². The van der Waals surface area contributed by atoms with Crippen molar-refractivity contribution in [3.8, 4) is 11.3 Å². The van der Waals surface area contributed by atoms with Crippen LogP contribution in [0.25, 0.3) is 22.1 Å². The molecule has 2 heteroatoms. The summed E-state index contributed by atoms with van der Waals surface area (Å²) in [6.45, 7) is 0. The molecule has 3 aromatic rings. The van der Waals surface area contributed by atoms with Crippen molar-refractivity contribution in [2.45, 2.75) is 18.8 Å². The van der Waals surface area contributed by atoms with E-state index < -0.39 is 0 Å². The van der Waals surface area contributed by atoms with Gasteiger partial charge in [0, 0.05) is 5.56 Å². The van der Waals surface area contributed by atoms with Gasteiger partial charge < -0.3 is 4.42 Å². The van der Waals surface area contributed by atoms with E-state index in [-0.39, 0.29) is 0 Å². The molecule has 0 bridgehead atoms. The Hall–Kier alpha value is -2.35. The van der Waals surface area contributed by atoms with Crippen molar-refractivity contribution in [2.24, 2.45) is 0 Å². The highest BCUT2D eigenvalue weighted by atomic mass is 16.3. The second kappa shape index (κ2) is 4.34. The molecule has 1 aliphatic rings. The first-order valence-electron chi connectivity index (χ1n) is 6.94. The monoisotopic (exact) mass is 262 g/mol. The van der Waals surface area contributed by atoms with E-state index in [0.717, 1.165) is 23.5 Å². The van der Waals surface area contributed by atoms with Gasteiger partial charge in [-0.1, -0.05) is 36.4 Å². The van der Waals surface area contributed by atoms with E-state index in [0.29, 0.717) is 5.76 Å². The minimum absolute atomic E-state index is 0.371. The highest BCUT2D eigenvalue weighted by Gasteiger charge is 2.25. The van der Waals surface area contributed by atoms with Crippen LogP contribution in [0.15, 0.2) is 52.9 Å². The summed E-state index contributed by atoms with van der Waals surface area (Å²) in [5, 5.41) is 2.50. The molecular formula is C18H14O2. The Kier molecular flexibility index (Phi) is 2.49. The minimum atomic E-state index is 0.371. The first-order valence-corrected chi connectivity index (χ1v) is 6.94. The quantitative estimate of drug-likeness (QED) is 0.635. The average molecular weight is 262 g/mol. The summed E-state index contributed by atoms with van der Waals surface area (Å²) in [5.74, 6) is 1.84. The Balaban J connectivity index is 1.96. The van der Waals surface area contributed by atoms with Gasteiger partial charge in [-0.25, -0.2) is 0 Å². The fourth-order valence-corrected chi connectivity index (χ4v) is 2.85. The predicted octanol–water partition coefficient (Wildman–Crippen LogP) is 4.79. The number of hydrogen-bond acceptors (Lipinski definition) is 2. The fourth-order valence-electron chi connectivity index (χ4n) is 2.85. The maximum Gasteiger partial charge on any atom is 0.185 e. The van der Waals surface area contributed by atoms with Crippen molar-refractivity contribution in [2.75, 3.05) is 0 Å². The summed E-state index contributed by atoms with van der Waals surface area (Å²) in [6.07, 6.45) is 3.32. The van der Waals surface area contributed by atoms with Crippen molar-refractivity contribution < 1.29 is 9.21 Å². The third kappa shape index (κ3) is 1.76. The van der Waals surface area contributed by atoms with Crippen molar-refractivity contribution >= 4 is 17.1 Å². The first-order chi connectivity index (χ1) is 9.86. The van der Waals surface area contributed by atoms with Gasteiger partial charge in [0.15, 0.2) is 12.0 Å². The van der Waals surface area contributed by atoms with Gasteiger partial charge in [0.1, 0.15) is 5.76 Å². The van der Waals surface area contributed by atoms with Crippen LogP contribution in [0.2, 0.25) is 0 Å². The molecule has 0 N–H and O–H groups in total. The zero-order chi connectivity index (χ0) is 13.5. The molecule has 0 radical (unpaired) electrons. The molecule has 1 aliphatic carbocycles. The van der Waals surface area contributed by atoms with Gasteiger partial charge in [0.25, 0.3) is 0 Å². The lowest BCUT2D eigenvalue weighted by Crippen LogP contribution is -1.86. The van der Waals surface area contributed by atoms with Crippen LogP contribution in [0.5, 0.6) is 0 Å². The minimum Gasteiger partial charge on any atom is -0.453 e. The van der Waals surface area contributed by atoms with Crippen molar-refractivity contribution in [3.05, 3.63) is 59.9 Å². The van der Waals surface area contributed by atoms with Crippen LogP contribution in [0, 0.1) is 0 Å². The summed E-state index contributed by atoms with van der Waals surface area (Å²) >= 11 is 0. The molecule has 1 saturated carbocycles. The lowest BCUT2D eigenvalue weighted by molar-refractivity contribution is 0.110. The van der Waals surface area contributed by atoms with E-state index in [1.54, 1.807) is 6.07 Å². The van der Waals surface area contributed by atoms with Gasteiger partial charge in [-0.05, 0) is 47.2 Å². The summed E-state index contributed by atoms with van der Waals surface area (Å²) < 4.78 is 5.57. The SMILES string of the molecule is O=Cc1ccc(-c2ccc(C3CC3)c3ccccc23)o1. The Morgan fingerprint density at radius 1 is 0.950 bits per heavy atom. The smallest absolute Gasteiger partial charge is 0.185 e. The number of benzene rings is 2. The van der Waals surface area contributed by atoms with Crippen LogP contribution in [0.3, 0.4) is 0 Å². The summed E-state index contributed by atoms with van der Waals surface area (Å²) in [6, 6.07) is 16.3. The van der Waals surface area contributed by atoms with Crippen molar-refractivity contribution in [3.63, 3.8) is 0 Å². The van der Waals surface area contributed by atoms with E-state index >= 15 is 0 Å². The van der Waals surface area contributed by atoms with Crippen molar-refractivity contribution in [1.82, 2.24) is 0 Å². The Labute approximate surface area is 117 Å². The lowest BCUT2D eigenvalue weighted by atomic mass is 9.96. The molecule has 2 aromatic carbocycles. The largest absolute Gasteiger partial charge is 0.453 e. The predicted molar refractivity (Wildman–Crippen MR) is 79.0 cm³/mol. The maximum absolute atomic E-state index is 10.8. The van der Waals surface area contributed by atoms with E-state index in [9.17, 15) is 4.79 Å². The number of carbonyl (C=O) groups excluding carboxylic acids is 1. The molecule has 0 amide bonds. The second-order valence-corrected chi connectivity index (χ2v) is 5.34. The van der Waals surface area contributed by atoms with Gasteiger partial charge in [-0.15, -0.1) is 0 Å².